The molecule has 1 rings (SSSR count). The van der Waals surface area contributed by atoms with Crippen LogP contribution >= 0.6 is 12.8 Å². The Kier molecular flexibility index (Phi) is 4.01. The van der Waals surface area contributed by atoms with Crippen LogP contribution in [0.5, 0.6) is 5.75 Å². The zero-order valence-corrected chi connectivity index (χ0v) is 9.03. The summed E-state index contributed by atoms with van der Waals surface area (Å²) < 4.78 is 6.59. The van der Waals surface area contributed by atoms with Gasteiger partial charge < -0.3 is 15.6 Å². The number of nitrogens with one attached hydrogen (secondary N) is 1. The summed E-state index contributed by atoms with van der Waals surface area (Å²) in [4.78, 5) is 22.1. The Labute approximate surface area is 96.9 Å². The van der Waals surface area contributed by atoms with E-state index in [2.05, 4.69) is 17.6 Å². The number of thiol groups is 1. The highest BCUT2D eigenvalue weighted by Gasteiger charge is 2.14. The molecule has 0 saturated carbocycles. The van der Waals surface area contributed by atoms with Crippen LogP contribution in [0.4, 0.5) is 5.69 Å². The van der Waals surface area contributed by atoms with Crippen LogP contribution in [0.3, 0.4) is 0 Å². The van der Waals surface area contributed by atoms with Gasteiger partial charge in [0.05, 0.1) is 0 Å². The average molecular weight is 242 g/mol. The fourth-order valence-corrected chi connectivity index (χ4v) is 1.02. The van der Waals surface area contributed by atoms with Crippen molar-refractivity contribution in [3.05, 3.63) is 23.8 Å². The van der Waals surface area contributed by atoms with E-state index >= 15 is 0 Å². The number of ether oxygens (including phenoxy) is 1. The van der Waals surface area contributed by atoms with Gasteiger partial charge >= 0.3 is 5.97 Å². The maximum Gasteiger partial charge on any atom is 0.342 e. The van der Waals surface area contributed by atoms with E-state index in [1.54, 1.807) is 0 Å². The molecule has 6 nitrogen and oxygen atoms in total. The largest absolute Gasteiger partial charge is 0.507 e. The van der Waals surface area contributed by atoms with Crippen LogP contribution in [0, 0.1) is 0 Å². The molecule has 0 radical (unpaired) electrons. The maximum atomic E-state index is 11.4. The summed E-state index contributed by atoms with van der Waals surface area (Å²) in [6.45, 7) is -0.476. The molecule has 0 fully saturated rings. The van der Waals surface area contributed by atoms with E-state index in [1.807, 2.05) is 4.72 Å². The van der Waals surface area contributed by atoms with Gasteiger partial charge in [0, 0.05) is 5.69 Å². The number of nitrogen functional groups attached to an aromatic ring is 1. The summed E-state index contributed by atoms with van der Waals surface area (Å²) in [7, 11) is 0. The highest BCUT2D eigenvalue weighted by atomic mass is 32.1. The first-order chi connectivity index (χ1) is 7.54. The van der Waals surface area contributed by atoms with Gasteiger partial charge in [-0.3, -0.25) is 9.52 Å². The number of amides is 1. The van der Waals surface area contributed by atoms with E-state index in [0.717, 1.165) is 0 Å². The van der Waals surface area contributed by atoms with Crippen LogP contribution in [0.25, 0.3) is 0 Å². The lowest BCUT2D eigenvalue weighted by Crippen LogP contribution is -2.21. The van der Waals surface area contributed by atoms with Crippen molar-refractivity contribution in [1.29, 1.82) is 0 Å². The van der Waals surface area contributed by atoms with Gasteiger partial charge in [-0.2, -0.15) is 0 Å². The van der Waals surface area contributed by atoms with Crippen molar-refractivity contribution in [1.82, 2.24) is 4.72 Å². The third-order valence-corrected chi connectivity index (χ3v) is 1.95. The predicted molar refractivity (Wildman–Crippen MR) is 59.9 cm³/mol. The second-order valence-corrected chi connectivity index (χ2v) is 3.11. The van der Waals surface area contributed by atoms with Crippen molar-refractivity contribution in [2.24, 2.45) is 0 Å². The van der Waals surface area contributed by atoms with Crippen molar-refractivity contribution in [2.45, 2.75) is 0 Å². The van der Waals surface area contributed by atoms with Crippen molar-refractivity contribution in [3.63, 3.8) is 0 Å². The molecule has 0 aromatic heterocycles. The molecule has 0 atom stereocenters. The number of phenols is 1. The SMILES string of the molecule is Nc1ccc(O)c(C(=O)OCC(=O)NS)c1. The molecule has 0 spiro atoms. The van der Waals surface area contributed by atoms with Crippen molar-refractivity contribution < 1.29 is 19.4 Å². The molecule has 1 aromatic rings. The molecule has 4 N–H and O–H groups in total. The number of carbonyl (C=O) groups is 2. The lowest BCUT2D eigenvalue weighted by molar-refractivity contribution is -0.122. The fourth-order valence-electron chi connectivity index (χ4n) is 0.958. The Bertz CT molecular complexity index is 422. The van der Waals surface area contributed by atoms with E-state index in [4.69, 9.17) is 5.73 Å². The molecule has 0 heterocycles. The standard InChI is InChI=1S/C9H10N2O4S/c10-5-1-2-7(12)6(3-5)9(14)15-4-8(13)11-16/h1-3,12,16H,4,10H2,(H,11,13). The molecule has 7 heteroatoms. The number of nitrogens with two attached hydrogens (primary N) is 1. The Balaban J connectivity index is 2.73. The summed E-state index contributed by atoms with van der Waals surface area (Å²) >= 11 is 3.48. The van der Waals surface area contributed by atoms with Gasteiger partial charge in [-0.15, -0.1) is 0 Å². The minimum Gasteiger partial charge on any atom is -0.507 e. The van der Waals surface area contributed by atoms with Crippen LogP contribution in [-0.2, 0) is 9.53 Å². The molecule has 16 heavy (non-hydrogen) atoms. The minimum atomic E-state index is -0.832. The second kappa shape index (κ2) is 5.26. The van der Waals surface area contributed by atoms with Crippen LogP contribution in [0.2, 0.25) is 0 Å². The van der Waals surface area contributed by atoms with Crippen LogP contribution in [-0.4, -0.2) is 23.6 Å². The summed E-state index contributed by atoms with van der Waals surface area (Å²) in [5.74, 6) is -1.66. The van der Waals surface area contributed by atoms with Gasteiger partial charge in [0.25, 0.3) is 5.91 Å². The number of anilines is 1. The molecular formula is C9H10N2O4S. The van der Waals surface area contributed by atoms with E-state index in [-0.39, 0.29) is 11.3 Å². The summed E-state index contributed by atoms with van der Waals surface area (Å²) in [5, 5.41) is 9.36. The van der Waals surface area contributed by atoms with Crippen LogP contribution < -0.4 is 10.5 Å². The Hall–Kier alpha value is -1.89. The molecule has 1 aromatic carbocycles. The Morgan fingerprint density at radius 1 is 1.50 bits per heavy atom. The lowest BCUT2D eigenvalue weighted by atomic mass is 10.2. The maximum absolute atomic E-state index is 11.4. The molecule has 0 unspecified atom stereocenters. The van der Waals surface area contributed by atoms with Gasteiger partial charge in [-0.05, 0) is 18.2 Å². The average Bonchev–Trinajstić information content (AvgIpc) is 2.28. The van der Waals surface area contributed by atoms with Gasteiger partial charge in [-0.25, -0.2) is 4.79 Å². The van der Waals surface area contributed by atoms with Gasteiger partial charge in [0.15, 0.2) is 6.61 Å². The Morgan fingerprint density at radius 2 is 2.19 bits per heavy atom. The van der Waals surface area contributed by atoms with Crippen molar-refractivity contribution in [2.75, 3.05) is 12.3 Å². The molecule has 86 valence electrons. The predicted octanol–water partition coefficient (Wildman–Crippen LogP) is 0.0922. The number of benzene rings is 1. The van der Waals surface area contributed by atoms with Gasteiger partial charge in [-0.1, -0.05) is 12.8 Å². The highest BCUT2D eigenvalue weighted by Crippen LogP contribution is 2.20. The monoisotopic (exact) mass is 242 g/mol. The molecule has 0 saturated heterocycles. The quantitative estimate of drug-likeness (QED) is 0.260. The summed E-state index contributed by atoms with van der Waals surface area (Å²) in [6, 6.07) is 3.97. The molecule has 0 aliphatic carbocycles. The molecular weight excluding hydrogens is 232 g/mol. The van der Waals surface area contributed by atoms with E-state index in [0.29, 0.717) is 5.69 Å². The van der Waals surface area contributed by atoms with Crippen molar-refractivity contribution >= 4 is 30.4 Å². The summed E-state index contributed by atoms with van der Waals surface area (Å²) in [6.07, 6.45) is 0. The van der Waals surface area contributed by atoms with Gasteiger partial charge in [0.1, 0.15) is 11.3 Å². The second-order valence-electron chi connectivity index (χ2n) is 2.89. The zero-order chi connectivity index (χ0) is 12.1. The topological polar surface area (TPSA) is 102 Å². The molecule has 0 aliphatic heterocycles. The first-order valence-electron chi connectivity index (χ1n) is 4.23. The van der Waals surface area contributed by atoms with Gasteiger partial charge in [0.2, 0.25) is 0 Å². The third-order valence-electron chi connectivity index (χ3n) is 1.70. The van der Waals surface area contributed by atoms with Crippen LogP contribution in [0.15, 0.2) is 18.2 Å². The smallest absolute Gasteiger partial charge is 0.342 e. The number of esters is 1. The van der Waals surface area contributed by atoms with Crippen LogP contribution in [0.1, 0.15) is 10.4 Å². The van der Waals surface area contributed by atoms with Crippen molar-refractivity contribution in [3.8, 4) is 5.75 Å². The first kappa shape index (κ1) is 12.2. The summed E-state index contributed by atoms with van der Waals surface area (Å²) in [5.41, 5.74) is 5.65. The number of carbonyl (C=O) groups excluding carboxylic acids is 2. The zero-order valence-electron chi connectivity index (χ0n) is 8.14. The molecule has 0 aliphatic rings. The lowest BCUT2D eigenvalue weighted by Gasteiger charge is -2.05. The third kappa shape index (κ3) is 3.06. The number of hydrogen-bond acceptors (Lipinski definition) is 6. The highest BCUT2D eigenvalue weighted by molar-refractivity contribution is 7.78. The normalized spacial score (nSPS) is 9.56. The first-order valence-corrected chi connectivity index (χ1v) is 4.68. The van der Waals surface area contributed by atoms with E-state index < -0.39 is 18.5 Å². The van der Waals surface area contributed by atoms with E-state index in [9.17, 15) is 14.7 Å². The molecule has 1 amide bonds. The number of phenolic OH excluding ortho intramolecular Hbond substituents is 1. The fraction of sp³-hybridized carbons (Fsp3) is 0.111. The number of rotatable bonds is 3. The minimum absolute atomic E-state index is 0.0908. The molecule has 0 bridgehead atoms. The van der Waals surface area contributed by atoms with E-state index in [1.165, 1.54) is 18.2 Å². The number of hydrogen-bond donors (Lipinski definition) is 4. The number of aromatic hydroxyl groups is 1. The Morgan fingerprint density at radius 3 is 2.81 bits per heavy atom.